The highest BCUT2D eigenvalue weighted by Gasteiger charge is 2.25. The van der Waals surface area contributed by atoms with E-state index in [9.17, 15) is 14.4 Å². The number of nitrogens with zero attached hydrogens (tertiary/aromatic N) is 1. The summed E-state index contributed by atoms with van der Waals surface area (Å²) in [7, 11) is 0. The zero-order valence-electron chi connectivity index (χ0n) is 20.3. The van der Waals surface area contributed by atoms with Crippen LogP contribution in [-0.2, 0) is 4.79 Å². The zero-order valence-corrected chi connectivity index (χ0v) is 21.1. The van der Waals surface area contributed by atoms with Crippen molar-refractivity contribution in [3.05, 3.63) is 52.5 Å². The fourth-order valence-electron chi connectivity index (χ4n) is 4.00. The summed E-state index contributed by atoms with van der Waals surface area (Å²) >= 11 is 6.12. The molecule has 0 saturated carbocycles. The minimum Gasteiger partial charge on any atom is -0.491 e. The molecule has 0 aliphatic carbocycles. The Morgan fingerprint density at radius 1 is 1.03 bits per heavy atom. The number of amides is 3. The first kappa shape index (κ1) is 25.6. The maximum absolute atomic E-state index is 13.3. The number of benzene rings is 2. The monoisotopic (exact) mass is 515 g/mol. The molecule has 2 aliphatic heterocycles. The second-order valence-electron chi connectivity index (χ2n) is 9.13. The van der Waals surface area contributed by atoms with Gasteiger partial charge in [-0.25, -0.2) is 0 Å². The first-order valence-electron chi connectivity index (χ1n) is 12.0. The Hall–Kier alpha value is -3.46. The first-order valence-corrected chi connectivity index (χ1v) is 12.4. The van der Waals surface area contributed by atoms with Gasteiger partial charge in [-0.15, -0.1) is 0 Å². The van der Waals surface area contributed by atoms with Gasteiger partial charge in [0.05, 0.1) is 18.2 Å². The molecule has 0 spiro atoms. The van der Waals surface area contributed by atoms with Crippen LogP contribution in [0.3, 0.4) is 0 Å². The molecule has 0 aromatic heterocycles. The summed E-state index contributed by atoms with van der Waals surface area (Å²) in [5.74, 6) is 0.671. The maximum Gasteiger partial charge on any atom is 0.255 e. The highest BCUT2D eigenvalue weighted by atomic mass is 35.5. The average molecular weight is 516 g/mol. The maximum atomic E-state index is 13.3. The molecule has 9 nitrogen and oxygen atoms in total. The van der Waals surface area contributed by atoms with Crippen molar-refractivity contribution in [3.8, 4) is 17.2 Å². The lowest BCUT2D eigenvalue weighted by Crippen LogP contribution is -2.48. The molecule has 10 heteroatoms. The van der Waals surface area contributed by atoms with Gasteiger partial charge in [0.2, 0.25) is 12.7 Å². The molecule has 36 heavy (non-hydrogen) atoms. The van der Waals surface area contributed by atoms with E-state index in [0.717, 1.165) is 0 Å². The van der Waals surface area contributed by atoms with E-state index < -0.39 is 0 Å². The molecule has 2 aliphatic rings. The van der Waals surface area contributed by atoms with Crippen molar-refractivity contribution in [1.29, 1.82) is 0 Å². The van der Waals surface area contributed by atoms with Gasteiger partial charge in [-0.1, -0.05) is 25.4 Å². The van der Waals surface area contributed by atoms with Gasteiger partial charge < -0.3 is 29.7 Å². The van der Waals surface area contributed by atoms with E-state index in [1.807, 2.05) is 13.8 Å². The Morgan fingerprint density at radius 3 is 2.61 bits per heavy atom. The molecule has 0 bridgehead atoms. The van der Waals surface area contributed by atoms with Gasteiger partial charge in [-0.2, -0.15) is 0 Å². The SMILES string of the molecule is CC(C)[C@@H]1COc2ccc(Cl)cc2C(=O)NCCCCN(C(=O)c2ccc3c(c2)OCO3)CC(=O)N1. The first-order chi connectivity index (χ1) is 17.3. The minimum absolute atomic E-state index is 0.0484. The van der Waals surface area contributed by atoms with Crippen molar-refractivity contribution in [2.75, 3.05) is 33.0 Å². The minimum atomic E-state index is -0.336. The fourth-order valence-corrected chi connectivity index (χ4v) is 4.17. The molecule has 2 heterocycles. The number of carbonyl (C=O) groups is 3. The highest BCUT2D eigenvalue weighted by molar-refractivity contribution is 6.31. The molecular weight excluding hydrogens is 486 g/mol. The van der Waals surface area contributed by atoms with Gasteiger partial charge in [0.15, 0.2) is 11.5 Å². The second kappa shape index (κ2) is 11.5. The summed E-state index contributed by atoms with van der Waals surface area (Å²) in [6, 6.07) is 9.53. The molecule has 192 valence electrons. The second-order valence-corrected chi connectivity index (χ2v) is 9.56. The van der Waals surface area contributed by atoms with Crippen LogP contribution in [0.2, 0.25) is 5.02 Å². The van der Waals surface area contributed by atoms with Crippen LogP contribution in [0, 0.1) is 5.92 Å². The number of fused-ring (bicyclic) bond motifs is 2. The van der Waals surface area contributed by atoms with Gasteiger partial charge in [-0.05, 0) is 55.2 Å². The number of hydrogen-bond acceptors (Lipinski definition) is 6. The van der Waals surface area contributed by atoms with Crippen molar-refractivity contribution in [2.24, 2.45) is 5.92 Å². The zero-order chi connectivity index (χ0) is 25.7. The third-order valence-corrected chi connectivity index (χ3v) is 6.37. The van der Waals surface area contributed by atoms with Crippen LogP contribution < -0.4 is 24.8 Å². The Morgan fingerprint density at radius 2 is 1.81 bits per heavy atom. The van der Waals surface area contributed by atoms with Gasteiger partial charge in [-0.3, -0.25) is 14.4 Å². The molecular formula is C26H30ClN3O6. The van der Waals surface area contributed by atoms with Crippen LogP contribution in [0.25, 0.3) is 0 Å². The van der Waals surface area contributed by atoms with Crippen LogP contribution >= 0.6 is 11.6 Å². The van der Waals surface area contributed by atoms with E-state index in [1.165, 1.54) is 4.90 Å². The topological polar surface area (TPSA) is 106 Å². The number of carbonyl (C=O) groups excluding carboxylic acids is 3. The lowest BCUT2D eigenvalue weighted by molar-refractivity contribution is -0.123. The average Bonchev–Trinajstić information content (AvgIpc) is 3.32. The Balaban J connectivity index is 1.54. The Kier molecular flexibility index (Phi) is 8.20. The van der Waals surface area contributed by atoms with Crippen LogP contribution in [0.15, 0.2) is 36.4 Å². The summed E-state index contributed by atoms with van der Waals surface area (Å²) < 4.78 is 16.7. The smallest absolute Gasteiger partial charge is 0.255 e. The third kappa shape index (κ3) is 6.20. The van der Waals surface area contributed by atoms with Crippen LogP contribution in [0.1, 0.15) is 47.4 Å². The highest BCUT2D eigenvalue weighted by Crippen LogP contribution is 2.33. The summed E-state index contributed by atoms with van der Waals surface area (Å²) in [4.78, 5) is 40.7. The molecule has 2 aromatic carbocycles. The van der Waals surface area contributed by atoms with E-state index in [4.69, 9.17) is 25.8 Å². The largest absolute Gasteiger partial charge is 0.491 e. The molecule has 0 radical (unpaired) electrons. The summed E-state index contributed by atoms with van der Waals surface area (Å²) in [5, 5.41) is 6.30. The lowest BCUT2D eigenvalue weighted by atomic mass is 10.1. The van der Waals surface area contributed by atoms with Gasteiger partial charge >= 0.3 is 0 Å². The van der Waals surface area contributed by atoms with Crippen molar-refractivity contribution in [3.63, 3.8) is 0 Å². The van der Waals surface area contributed by atoms with Gasteiger partial charge in [0.1, 0.15) is 12.4 Å². The standard InChI is InChI=1S/C26H30ClN3O6/c1-16(2)20-14-34-21-8-6-18(27)12-19(21)25(32)28-9-3-4-10-30(13-24(31)29-20)26(33)17-5-7-22-23(11-17)36-15-35-22/h5-8,11-12,16,20H,3-4,9-10,13-15H2,1-2H3,(H,28,32)(H,29,31)/t20-/m0/s1. The number of halogens is 1. The van der Waals surface area contributed by atoms with Gasteiger partial charge in [0, 0.05) is 23.7 Å². The molecule has 0 unspecified atom stereocenters. The Bertz CT molecular complexity index is 1140. The molecule has 4 rings (SSSR count). The molecule has 0 saturated heterocycles. The van der Waals surface area contributed by atoms with Crippen molar-refractivity contribution < 1.29 is 28.6 Å². The van der Waals surface area contributed by atoms with E-state index in [1.54, 1.807) is 36.4 Å². The molecule has 0 fully saturated rings. The predicted molar refractivity (Wildman–Crippen MR) is 134 cm³/mol. The molecule has 2 aromatic rings. The quantitative estimate of drug-likeness (QED) is 0.636. The molecule has 3 amide bonds. The Labute approximate surface area is 215 Å². The predicted octanol–water partition coefficient (Wildman–Crippen LogP) is 3.25. The molecule has 1 atom stereocenters. The summed E-state index contributed by atoms with van der Waals surface area (Å²) in [5.41, 5.74) is 0.750. The number of rotatable bonds is 2. The number of hydrogen-bond donors (Lipinski definition) is 2. The van der Waals surface area contributed by atoms with Crippen LogP contribution in [0.5, 0.6) is 17.2 Å². The van der Waals surface area contributed by atoms with Crippen LogP contribution in [-0.4, -0.2) is 61.7 Å². The summed E-state index contributed by atoms with van der Waals surface area (Å²) in [6.45, 7) is 4.84. The third-order valence-electron chi connectivity index (χ3n) is 6.14. The van der Waals surface area contributed by atoms with E-state index in [0.29, 0.717) is 59.3 Å². The van der Waals surface area contributed by atoms with Gasteiger partial charge in [0.25, 0.3) is 11.8 Å². The van der Waals surface area contributed by atoms with E-state index in [2.05, 4.69) is 10.6 Å². The van der Waals surface area contributed by atoms with Crippen molar-refractivity contribution >= 4 is 29.3 Å². The number of nitrogens with one attached hydrogen (secondary N) is 2. The van der Waals surface area contributed by atoms with E-state index >= 15 is 0 Å². The number of ether oxygens (including phenoxy) is 3. The normalized spacial score (nSPS) is 18.9. The van der Waals surface area contributed by atoms with Crippen molar-refractivity contribution in [1.82, 2.24) is 15.5 Å². The summed E-state index contributed by atoms with van der Waals surface area (Å²) in [6.07, 6.45) is 1.21. The van der Waals surface area contributed by atoms with Crippen molar-refractivity contribution in [2.45, 2.75) is 32.7 Å². The van der Waals surface area contributed by atoms with Crippen LogP contribution in [0.4, 0.5) is 0 Å². The molecule has 2 N–H and O–H groups in total. The van der Waals surface area contributed by atoms with E-state index in [-0.39, 0.29) is 49.6 Å². The lowest BCUT2D eigenvalue weighted by Gasteiger charge is -2.26. The fraction of sp³-hybridized carbons (Fsp3) is 0.423.